The lowest BCUT2D eigenvalue weighted by Crippen LogP contribution is -2.38. The minimum Gasteiger partial charge on any atom is -0.497 e. The molecule has 5 rings (SSSR count). The summed E-state index contributed by atoms with van der Waals surface area (Å²) in [4.78, 5) is 24.4. The van der Waals surface area contributed by atoms with Crippen LogP contribution in [0.5, 0.6) is 5.75 Å². The van der Waals surface area contributed by atoms with Gasteiger partial charge in [0.1, 0.15) is 17.6 Å². The number of nitrogens with zero attached hydrogens (tertiary/aromatic N) is 3. The quantitative estimate of drug-likeness (QED) is 0.352. The highest BCUT2D eigenvalue weighted by atomic mass is 16.5. The predicted octanol–water partition coefficient (Wildman–Crippen LogP) is 5.63. The van der Waals surface area contributed by atoms with E-state index in [9.17, 15) is 4.79 Å². The van der Waals surface area contributed by atoms with Crippen LogP contribution in [0.15, 0.2) is 83.7 Å². The summed E-state index contributed by atoms with van der Waals surface area (Å²) in [6, 6.07) is 19.9. The molecule has 0 spiro atoms. The molecule has 1 aliphatic heterocycles. The van der Waals surface area contributed by atoms with Crippen molar-refractivity contribution >= 4 is 5.91 Å². The van der Waals surface area contributed by atoms with Crippen LogP contribution in [0.4, 0.5) is 0 Å². The lowest BCUT2D eigenvalue weighted by Gasteiger charge is -2.33. The molecule has 2 aromatic heterocycles. The van der Waals surface area contributed by atoms with Crippen molar-refractivity contribution in [3.63, 3.8) is 0 Å². The van der Waals surface area contributed by atoms with Crippen LogP contribution in [-0.2, 0) is 12.8 Å². The van der Waals surface area contributed by atoms with Gasteiger partial charge in [0, 0.05) is 25.4 Å². The molecule has 0 aliphatic carbocycles. The largest absolute Gasteiger partial charge is 0.497 e. The molecular formula is C29H29N3O3. The third-order valence-corrected chi connectivity index (χ3v) is 6.43. The van der Waals surface area contributed by atoms with Crippen LogP contribution in [0.2, 0.25) is 0 Å². The number of hydrogen-bond acceptors (Lipinski definition) is 5. The number of amides is 1. The molecule has 35 heavy (non-hydrogen) atoms. The van der Waals surface area contributed by atoms with E-state index in [0.29, 0.717) is 30.8 Å². The Kier molecular flexibility index (Phi) is 6.89. The third-order valence-electron chi connectivity index (χ3n) is 6.43. The van der Waals surface area contributed by atoms with Crippen molar-refractivity contribution in [2.24, 2.45) is 0 Å². The number of benzene rings is 2. The second-order valence-electron chi connectivity index (χ2n) is 8.95. The van der Waals surface area contributed by atoms with Crippen LogP contribution >= 0.6 is 0 Å². The molecule has 4 aromatic rings. The Morgan fingerprint density at radius 2 is 1.83 bits per heavy atom. The van der Waals surface area contributed by atoms with Crippen LogP contribution in [0.3, 0.4) is 0 Å². The summed E-state index contributed by atoms with van der Waals surface area (Å²) in [5.74, 6) is 2.21. The molecule has 6 heteroatoms. The van der Waals surface area contributed by atoms with Crippen molar-refractivity contribution < 1.29 is 13.9 Å². The predicted molar refractivity (Wildman–Crippen MR) is 133 cm³/mol. The fourth-order valence-electron chi connectivity index (χ4n) is 4.67. The maximum Gasteiger partial charge on any atom is 0.256 e. The highest BCUT2D eigenvalue weighted by Crippen LogP contribution is 2.32. The molecular weight excluding hydrogens is 438 g/mol. The zero-order valence-corrected chi connectivity index (χ0v) is 19.9. The van der Waals surface area contributed by atoms with Gasteiger partial charge in [0.2, 0.25) is 5.89 Å². The van der Waals surface area contributed by atoms with Gasteiger partial charge in [-0.1, -0.05) is 42.5 Å². The van der Waals surface area contributed by atoms with E-state index in [-0.39, 0.29) is 11.9 Å². The maximum absolute atomic E-state index is 13.6. The lowest BCUT2D eigenvalue weighted by atomic mass is 10.00. The molecule has 1 aliphatic rings. The minimum absolute atomic E-state index is 0.0301. The number of carbonyl (C=O) groups excluding carboxylic acids is 1. The lowest BCUT2D eigenvalue weighted by molar-refractivity contribution is 0.0569. The Hall–Kier alpha value is -3.93. The van der Waals surface area contributed by atoms with Gasteiger partial charge in [0.05, 0.1) is 18.9 Å². The van der Waals surface area contributed by atoms with Crippen LogP contribution < -0.4 is 4.74 Å². The van der Waals surface area contributed by atoms with Crippen molar-refractivity contribution in [2.45, 2.75) is 38.1 Å². The van der Waals surface area contributed by atoms with E-state index in [1.165, 1.54) is 5.56 Å². The number of aromatic nitrogens is 2. The monoisotopic (exact) mass is 467 g/mol. The summed E-state index contributed by atoms with van der Waals surface area (Å²) in [5.41, 5.74) is 3.86. The van der Waals surface area contributed by atoms with Crippen LogP contribution in [0.1, 0.15) is 64.0 Å². The van der Waals surface area contributed by atoms with Gasteiger partial charge in [-0.2, -0.15) is 0 Å². The van der Waals surface area contributed by atoms with Crippen molar-refractivity contribution in [3.05, 3.63) is 113 Å². The number of methoxy groups -OCH3 is 1. The van der Waals surface area contributed by atoms with Crippen LogP contribution in [-0.4, -0.2) is 34.4 Å². The molecule has 3 heterocycles. The number of oxazole rings is 1. The fourth-order valence-corrected chi connectivity index (χ4v) is 4.67. The Balaban J connectivity index is 1.33. The molecule has 0 unspecified atom stereocenters. The Bertz CT molecular complexity index is 1290. The van der Waals surface area contributed by atoms with Gasteiger partial charge in [-0.15, -0.1) is 0 Å². The number of carbonyl (C=O) groups is 1. The van der Waals surface area contributed by atoms with E-state index in [1.807, 2.05) is 59.6 Å². The summed E-state index contributed by atoms with van der Waals surface area (Å²) >= 11 is 0. The van der Waals surface area contributed by atoms with E-state index in [1.54, 1.807) is 19.5 Å². The summed E-state index contributed by atoms with van der Waals surface area (Å²) in [6.45, 7) is 0.681. The average Bonchev–Trinajstić information content (AvgIpc) is 3.37. The Labute approximate surface area is 205 Å². The second kappa shape index (κ2) is 10.6. The normalized spacial score (nSPS) is 15.7. The highest BCUT2D eigenvalue weighted by Gasteiger charge is 2.32. The maximum atomic E-state index is 13.6. The summed E-state index contributed by atoms with van der Waals surface area (Å²) in [7, 11) is 1.66. The first kappa shape index (κ1) is 22.8. The molecule has 0 bridgehead atoms. The molecule has 1 saturated heterocycles. The number of rotatable bonds is 7. The number of likely N-dealkylation sites (tertiary alicyclic amines) is 1. The van der Waals surface area contributed by atoms with Crippen molar-refractivity contribution in [3.8, 4) is 5.75 Å². The Morgan fingerprint density at radius 1 is 0.971 bits per heavy atom. The minimum atomic E-state index is -0.164. The number of hydrogen-bond donors (Lipinski definition) is 0. The van der Waals surface area contributed by atoms with E-state index < -0.39 is 0 Å². The van der Waals surface area contributed by atoms with Gasteiger partial charge in [0.15, 0.2) is 0 Å². The van der Waals surface area contributed by atoms with Crippen molar-refractivity contribution in [2.75, 3.05) is 13.7 Å². The number of piperidine rings is 1. The van der Waals surface area contributed by atoms with Gasteiger partial charge in [-0.25, -0.2) is 4.98 Å². The number of pyridine rings is 1. The van der Waals surface area contributed by atoms with Gasteiger partial charge in [0.25, 0.3) is 5.91 Å². The zero-order valence-electron chi connectivity index (χ0n) is 19.9. The second-order valence-corrected chi connectivity index (χ2v) is 8.95. The highest BCUT2D eigenvalue weighted by molar-refractivity contribution is 5.94. The van der Waals surface area contributed by atoms with Crippen molar-refractivity contribution in [1.82, 2.24) is 14.9 Å². The van der Waals surface area contributed by atoms with Gasteiger partial charge in [-0.05, 0) is 60.6 Å². The SMILES string of the molecule is COc1cccc(Cc2cncc(C(=O)N3CCCC[C@@H]3c3ncc(Cc4ccccc4)o3)c2)c1. The van der Waals surface area contributed by atoms with Crippen LogP contribution in [0, 0.1) is 0 Å². The molecule has 1 amide bonds. The smallest absolute Gasteiger partial charge is 0.256 e. The van der Waals surface area contributed by atoms with Gasteiger partial charge >= 0.3 is 0 Å². The van der Waals surface area contributed by atoms with Gasteiger partial charge < -0.3 is 14.1 Å². The Morgan fingerprint density at radius 3 is 2.69 bits per heavy atom. The first-order chi connectivity index (χ1) is 17.2. The summed E-state index contributed by atoms with van der Waals surface area (Å²) in [6.07, 6.45) is 9.47. The summed E-state index contributed by atoms with van der Waals surface area (Å²) in [5, 5.41) is 0. The molecule has 0 saturated carbocycles. The fraction of sp³-hybridized carbons (Fsp3) is 0.276. The van der Waals surface area contributed by atoms with E-state index in [4.69, 9.17) is 9.15 Å². The van der Waals surface area contributed by atoms with Gasteiger partial charge in [-0.3, -0.25) is 9.78 Å². The molecule has 6 nitrogen and oxygen atoms in total. The van der Waals surface area contributed by atoms with E-state index in [0.717, 1.165) is 41.9 Å². The first-order valence-electron chi connectivity index (χ1n) is 12.1. The molecule has 2 aromatic carbocycles. The standard InChI is InChI=1S/C29H29N3O3/c1-34-25-11-7-10-22(17-25)14-23-15-24(19-30-18-23)29(33)32-13-6-5-12-27(32)28-31-20-26(35-28)16-21-8-3-2-4-9-21/h2-4,7-11,15,17-20,27H,5-6,12-14,16H2,1H3/t27-/m1/s1. The topological polar surface area (TPSA) is 68.5 Å². The molecule has 1 fully saturated rings. The molecule has 0 N–H and O–H groups in total. The zero-order chi connectivity index (χ0) is 24.0. The third kappa shape index (κ3) is 5.43. The van der Waals surface area contributed by atoms with Crippen LogP contribution in [0.25, 0.3) is 0 Å². The molecule has 0 radical (unpaired) electrons. The molecule has 1 atom stereocenters. The van der Waals surface area contributed by atoms with E-state index in [2.05, 4.69) is 22.1 Å². The van der Waals surface area contributed by atoms with E-state index >= 15 is 0 Å². The summed E-state index contributed by atoms with van der Waals surface area (Å²) < 4.78 is 11.5. The van der Waals surface area contributed by atoms with Crippen molar-refractivity contribution in [1.29, 1.82) is 0 Å². The molecule has 178 valence electrons. The average molecular weight is 468 g/mol. The number of ether oxygens (including phenoxy) is 1. The first-order valence-corrected chi connectivity index (χ1v) is 12.1.